The number of amides is 1. The van der Waals surface area contributed by atoms with Crippen LogP contribution in [0.3, 0.4) is 0 Å². The first-order chi connectivity index (χ1) is 13.0. The first kappa shape index (κ1) is 23.6. The van der Waals surface area contributed by atoms with Crippen LogP contribution in [0, 0.1) is 0 Å². The molecule has 0 heterocycles. The van der Waals surface area contributed by atoms with Gasteiger partial charge in [-0.3, -0.25) is 4.79 Å². The molecular formula is C20H35N3O3S. The van der Waals surface area contributed by atoms with Crippen LogP contribution >= 0.6 is 0 Å². The van der Waals surface area contributed by atoms with Gasteiger partial charge in [-0.05, 0) is 63.5 Å². The fourth-order valence-corrected chi connectivity index (χ4v) is 4.49. The van der Waals surface area contributed by atoms with Gasteiger partial charge in [0.2, 0.25) is 10.0 Å². The molecule has 0 saturated heterocycles. The van der Waals surface area contributed by atoms with Crippen molar-refractivity contribution in [3.05, 3.63) is 29.8 Å². The predicted molar refractivity (Wildman–Crippen MR) is 111 cm³/mol. The third kappa shape index (κ3) is 7.99. The highest BCUT2D eigenvalue weighted by Crippen LogP contribution is 2.17. The van der Waals surface area contributed by atoms with Crippen molar-refractivity contribution in [2.24, 2.45) is 0 Å². The molecule has 0 atom stereocenters. The molecule has 154 valence electrons. The number of hydrogen-bond acceptors (Lipinski definition) is 4. The second kappa shape index (κ2) is 12.9. The van der Waals surface area contributed by atoms with E-state index in [2.05, 4.69) is 10.6 Å². The molecule has 0 aliphatic heterocycles. The van der Waals surface area contributed by atoms with Gasteiger partial charge in [0, 0.05) is 25.2 Å². The number of nitrogens with one attached hydrogen (secondary N) is 2. The molecule has 0 aromatic heterocycles. The molecule has 0 fully saturated rings. The SMILES string of the molecule is CCCN(CCC)S(=O)(=O)c1ccc(C(=O)NCCCCCCNC)cc1. The third-order valence-electron chi connectivity index (χ3n) is 4.34. The maximum Gasteiger partial charge on any atom is 0.251 e. The Balaban J connectivity index is 2.58. The van der Waals surface area contributed by atoms with E-state index in [0.717, 1.165) is 45.1 Å². The van der Waals surface area contributed by atoms with Gasteiger partial charge in [0.15, 0.2) is 0 Å². The second-order valence-electron chi connectivity index (χ2n) is 6.70. The molecule has 1 aromatic rings. The van der Waals surface area contributed by atoms with Gasteiger partial charge in [-0.25, -0.2) is 8.42 Å². The molecule has 1 aromatic carbocycles. The molecular weight excluding hydrogens is 362 g/mol. The van der Waals surface area contributed by atoms with Crippen LogP contribution in [0.25, 0.3) is 0 Å². The molecule has 2 N–H and O–H groups in total. The Morgan fingerprint density at radius 2 is 1.48 bits per heavy atom. The van der Waals surface area contributed by atoms with E-state index < -0.39 is 10.0 Å². The summed E-state index contributed by atoms with van der Waals surface area (Å²) in [5.41, 5.74) is 0.488. The van der Waals surface area contributed by atoms with Crippen molar-refractivity contribution in [1.82, 2.24) is 14.9 Å². The molecule has 0 spiro atoms. The monoisotopic (exact) mass is 397 g/mol. The van der Waals surface area contributed by atoms with Crippen LogP contribution in [0.4, 0.5) is 0 Å². The number of carbonyl (C=O) groups excluding carboxylic acids is 1. The van der Waals surface area contributed by atoms with E-state index in [1.807, 2.05) is 20.9 Å². The van der Waals surface area contributed by atoms with Gasteiger partial charge in [0.05, 0.1) is 4.90 Å². The van der Waals surface area contributed by atoms with E-state index in [1.165, 1.54) is 16.4 Å². The zero-order valence-corrected chi connectivity index (χ0v) is 17.8. The first-order valence-electron chi connectivity index (χ1n) is 10.00. The summed E-state index contributed by atoms with van der Waals surface area (Å²) < 4.78 is 27.0. The van der Waals surface area contributed by atoms with Gasteiger partial charge >= 0.3 is 0 Å². The van der Waals surface area contributed by atoms with E-state index in [-0.39, 0.29) is 10.8 Å². The van der Waals surface area contributed by atoms with Crippen LogP contribution in [0.1, 0.15) is 62.7 Å². The first-order valence-corrected chi connectivity index (χ1v) is 11.4. The van der Waals surface area contributed by atoms with Crippen LogP contribution in [0.15, 0.2) is 29.2 Å². The van der Waals surface area contributed by atoms with E-state index in [1.54, 1.807) is 12.1 Å². The lowest BCUT2D eigenvalue weighted by Crippen LogP contribution is -2.32. The minimum atomic E-state index is -3.50. The Bertz CT molecular complexity index is 639. The number of nitrogens with zero attached hydrogens (tertiary/aromatic N) is 1. The molecule has 0 unspecified atom stereocenters. The van der Waals surface area contributed by atoms with Crippen LogP contribution in [-0.4, -0.2) is 51.9 Å². The number of carbonyl (C=O) groups is 1. The minimum absolute atomic E-state index is 0.159. The highest BCUT2D eigenvalue weighted by atomic mass is 32.2. The van der Waals surface area contributed by atoms with Gasteiger partial charge in [-0.1, -0.05) is 26.7 Å². The highest BCUT2D eigenvalue weighted by molar-refractivity contribution is 7.89. The van der Waals surface area contributed by atoms with Crippen molar-refractivity contribution in [3.8, 4) is 0 Å². The summed E-state index contributed by atoms with van der Waals surface area (Å²) in [4.78, 5) is 12.4. The fourth-order valence-electron chi connectivity index (χ4n) is 2.86. The topological polar surface area (TPSA) is 78.5 Å². The van der Waals surface area contributed by atoms with Crippen molar-refractivity contribution in [2.45, 2.75) is 57.3 Å². The summed E-state index contributed by atoms with van der Waals surface area (Å²) in [7, 11) is -1.56. The summed E-state index contributed by atoms with van der Waals surface area (Å²) in [5, 5.41) is 6.02. The number of rotatable bonds is 14. The van der Waals surface area contributed by atoms with Crippen LogP contribution in [-0.2, 0) is 10.0 Å². The Hall–Kier alpha value is -1.44. The minimum Gasteiger partial charge on any atom is -0.352 e. The van der Waals surface area contributed by atoms with E-state index >= 15 is 0 Å². The molecule has 0 saturated carbocycles. The smallest absolute Gasteiger partial charge is 0.251 e. The predicted octanol–water partition coefficient (Wildman–Crippen LogP) is 3.01. The Kier molecular flexibility index (Phi) is 11.2. The average Bonchev–Trinajstić information content (AvgIpc) is 2.67. The lowest BCUT2D eigenvalue weighted by atomic mass is 10.2. The summed E-state index contributed by atoms with van der Waals surface area (Å²) in [6, 6.07) is 6.23. The van der Waals surface area contributed by atoms with Gasteiger partial charge < -0.3 is 10.6 Å². The number of unbranched alkanes of at least 4 members (excludes halogenated alkanes) is 3. The Morgan fingerprint density at radius 3 is 2.00 bits per heavy atom. The maximum atomic E-state index is 12.7. The van der Waals surface area contributed by atoms with Crippen molar-refractivity contribution in [2.75, 3.05) is 33.2 Å². The normalized spacial score (nSPS) is 11.7. The molecule has 0 radical (unpaired) electrons. The number of benzene rings is 1. The zero-order chi connectivity index (χ0) is 20.1. The van der Waals surface area contributed by atoms with E-state index in [9.17, 15) is 13.2 Å². The standard InChI is InChI=1S/C20H35N3O3S/c1-4-16-23(17-5-2)27(25,26)19-12-10-18(11-13-19)20(24)22-15-9-7-6-8-14-21-3/h10-13,21H,4-9,14-17H2,1-3H3,(H,22,24). The third-order valence-corrected chi connectivity index (χ3v) is 6.25. The largest absolute Gasteiger partial charge is 0.352 e. The van der Waals surface area contributed by atoms with E-state index in [4.69, 9.17) is 0 Å². The van der Waals surface area contributed by atoms with Crippen molar-refractivity contribution < 1.29 is 13.2 Å². The molecule has 1 amide bonds. The number of sulfonamides is 1. The summed E-state index contributed by atoms with van der Waals surface area (Å²) in [6.07, 6.45) is 5.88. The lowest BCUT2D eigenvalue weighted by molar-refractivity contribution is 0.0953. The quantitative estimate of drug-likeness (QED) is 0.473. The Labute approximate surface area is 164 Å². The Morgan fingerprint density at radius 1 is 0.926 bits per heavy atom. The fraction of sp³-hybridized carbons (Fsp3) is 0.650. The van der Waals surface area contributed by atoms with Crippen molar-refractivity contribution in [1.29, 1.82) is 0 Å². The van der Waals surface area contributed by atoms with Crippen LogP contribution in [0.5, 0.6) is 0 Å². The van der Waals surface area contributed by atoms with Crippen LogP contribution < -0.4 is 10.6 Å². The van der Waals surface area contributed by atoms with Gasteiger partial charge in [0.1, 0.15) is 0 Å². The molecule has 0 aliphatic carbocycles. The zero-order valence-electron chi connectivity index (χ0n) is 17.0. The van der Waals surface area contributed by atoms with Crippen molar-refractivity contribution in [3.63, 3.8) is 0 Å². The van der Waals surface area contributed by atoms with Gasteiger partial charge in [0.25, 0.3) is 5.91 Å². The van der Waals surface area contributed by atoms with Crippen LogP contribution in [0.2, 0.25) is 0 Å². The molecule has 7 heteroatoms. The molecule has 0 bridgehead atoms. The highest BCUT2D eigenvalue weighted by Gasteiger charge is 2.23. The summed E-state index contributed by atoms with van der Waals surface area (Å²) in [6.45, 7) is 6.60. The second-order valence-corrected chi connectivity index (χ2v) is 8.64. The van der Waals surface area contributed by atoms with E-state index in [0.29, 0.717) is 25.2 Å². The summed E-state index contributed by atoms with van der Waals surface area (Å²) >= 11 is 0. The molecule has 6 nitrogen and oxygen atoms in total. The molecule has 1 rings (SSSR count). The van der Waals surface area contributed by atoms with Gasteiger partial charge in [-0.2, -0.15) is 4.31 Å². The summed E-state index contributed by atoms with van der Waals surface area (Å²) in [5.74, 6) is -0.159. The maximum absolute atomic E-state index is 12.7. The molecule has 0 aliphatic rings. The van der Waals surface area contributed by atoms with Crippen molar-refractivity contribution >= 4 is 15.9 Å². The number of hydrogen-bond donors (Lipinski definition) is 2. The van der Waals surface area contributed by atoms with Gasteiger partial charge in [-0.15, -0.1) is 0 Å². The molecule has 27 heavy (non-hydrogen) atoms. The lowest BCUT2D eigenvalue weighted by Gasteiger charge is -2.21. The average molecular weight is 398 g/mol.